The molecule has 2 amide bonds. The molecule has 1 heterocycles. The first-order valence-electron chi connectivity index (χ1n) is 6.25. The molecule has 1 aliphatic heterocycles. The number of rotatable bonds is 2. The highest BCUT2D eigenvalue weighted by Crippen LogP contribution is 2.12. The van der Waals surface area contributed by atoms with Crippen LogP contribution in [0.5, 0.6) is 0 Å². The Hall–Kier alpha value is -1.89. The van der Waals surface area contributed by atoms with E-state index < -0.39 is 27.7 Å². The quantitative estimate of drug-likeness (QED) is 0.765. The first-order valence-corrected chi connectivity index (χ1v) is 8.07. The van der Waals surface area contributed by atoms with E-state index in [1.54, 1.807) is 18.2 Å². The summed E-state index contributed by atoms with van der Waals surface area (Å²) in [6.45, 7) is 1.87. The number of hydrogen-bond donors (Lipinski definition) is 2. The normalized spacial score (nSPS) is 20.4. The molecule has 108 valence electrons. The highest BCUT2D eigenvalue weighted by Gasteiger charge is 2.30. The molecule has 0 radical (unpaired) electrons. The predicted molar refractivity (Wildman–Crippen MR) is 75.0 cm³/mol. The second kappa shape index (κ2) is 5.62. The first-order chi connectivity index (χ1) is 9.35. The fraction of sp³-hybridized carbons (Fsp3) is 0.385. The number of nitrogens with one attached hydrogen (secondary N) is 2. The van der Waals surface area contributed by atoms with Gasteiger partial charge in [0.2, 0.25) is 0 Å². The SMILES string of the molecule is Cc1cccc(NC(=O)C(=O)NC2CCS(=O)(=O)C2)c1. The minimum Gasteiger partial charge on any atom is -0.344 e. The largest absolute Gasteiger partial charge is 0.344 e. The van der Waals surface area contributed by atoms with E-state index in [0.717, 1.165) is 5.56 Å². The summed E-state index contributed by atoms with van der Waals surface area (Å²) in [6, 6.07) is 6.59. The van der Waals surface area contributed by atoms with Crippen LogP contribution in [0, 0.1) is 6.92 Å². The number of anilines is 1. The summed E-state index contributed by atoms with van der Waals surface area (Å²) in [5, 5.41) is 4.92. The van der Waals surface area contributed by atoms with Crippen molar-refractivity contribution in [3.05, 3.63) is 29.8 Å². The molecule has 0 bridgehead atoms. The average Bonchev–Trinajstić information content (AvgIpc) is 2.68. The van der Waals surface area contributed by atoms with Crippen LogP contribution in [0.2, 0.25) is 0 Å². The van der Waals surface area contributed by atoms with E-state index in [-0.39, 0.29) is 11.5 Å². The summed E-state index contributed by atoms with van der Waals surface area (Å²) in [4.78, 5) is 23.4. The van der Waals surface area contributed by atoms with Crippen LogP contribution in [0.25, 0.3) is 0 Å². The maximum Gasteiger partial charge on any atom is 0.313 e. The van der Waals surface area contributed by atoms with Crippen molar-refractivity contribution in [3.63, 3.8) is 0 Å². The fourth-order valence-electron chi connectivity index (χ4n) is 2.07. The zero-order valence-corrected chi connectivity index (χ0v) is 11.9. The molecule has 1 unspecified atom stereocenters. The van der Waals surface area contributed by atoms with Gasteiger partial charge in [-0.15, -0.1) is 0 Å². The Kier molecular flexibility index (Phi) is 4.08. The van der Waals surface area contributed by atoms with Gasteiger partial charge in [-0.3, -0.25) is 9.59 Å². The van der Waals surface area contributed by atoms with Crippen LogP contribution >= 0.6 is 0 Å². The fourth-order valence-corrected chi connectivity index (χ4v) is 3.74. The zero-order chi connectivity index (χ0) is 14.8. The second-order valence-electron chi connectivity index (χ2n) is 4.90. The van der Waals surface area contributed by atoms with Gasteiger partial charge in [0.1, 0.15) is 0 Å². The minimum atomic E-state index is -3.08. The molecule has 0 aromatic heterocycles. The van der Waals surface area contributed by atoms with Gasteiger partial charge in [0.05, 0.1) is 11.5 Å². The minimum absolute atomic E-state index is 0.0530. The number of carbonyl (C=O) groups is 2. The number of benzene rings is 1. The Balaban J connectivity index is 1.91. The van der Waals surface area contributed by atoms with Crippen molar-refractivity contribution in [2.24, 2.45) is 0 Å². The van der Waals surface area contributed by atoms with E-state index in [2.05, 4.69) is 10.6 Å². The molecule has 1 aliphatic rings. The van der Waals surface area contributed by atoms with E-state index in [1.165, 1.54) is 0 Å². The van der Waals surface area contributed by atoms with Crippen molar-refractivity contribution in [2.75, 3.05) is 16.8 Å². The van der Waals surface area contributed by atoms with Gasteiger partial charge >= 0.3 is 11.8 Å². The first kappa shape index (κ1) is 14.5. The molecular weight excluding hydrogens is 280 g/mol. The van der Waals surface area contributed by atoms with Gasteiger partial charge in [0.15, 0.2) is 9.84 Å². The molecule has 20 heavy (non-hydrogen) atoms. The van der Waals surface area contributed by atoms with Gasteiger partial charge in [-0.25, -0.2) is 8.42 Å². The summed E-state index contributed by atoms with van der Waals surface area (Å²) in [7, 11) is -3.08. The molecule has 1 aromatic carbocycles. The van der Waals surface area contributed by atoms with Crippen molar-refractivity contribution in [1.29, 1.82) is 0 Å². The van der Waals surface area contributed by atoms with Crippen molar-refractivity contribution in [1.82, 2.24) is 5.32 Å². The molecule has 1 aromatic rings. The third-order valence-electron chi connectivity index (χ3n) is 3.05. The number of amides is 2. The van der Waals surface area contributed by atoms with Gasteiger partial charge in [-0.05, 0) is 31.0 Å². The Morgan fingerprint density at radius 3 is 2.60 bits per heavy atom. The zero-order valence-electron chi connectivity index (χ0n) is 11.0. The van der Waals surface area contributed by atoms with Crippen LogP contribution in [0.15, 0.2) is 24.3 Å². The van der Waals surface area contributed by atoms with E-state index >= 15 is 0 Å². The summed E-state index contributed by atoms with van der Waals surface area (Å²) in [5.41, 5.74) is 1.49. The molecular formula is C13H16N2O4S. The summed E-state index contributed by atoms with van der Waals surface area (Å²) >= 11 is 0. The molecule has 0 aliphatic carbocycles. The van der Waals surface area contributed by atoms with Crippen molar-refractivity contribution in [2.45, 2.75) is 19.4 Å². The van der Waals surface area contributed by atoms with Gasteiger partial charge in [-0.2, -0.15) is 0 Å². The molecule has 1 fully saturated rings. The van der Waals surface area contributed by atoms with E-state index in [4.69, 9.17) is 0 Å². The smallest absolute Gasteiger partial charge is 0.313 e. The summed E-state index contributed by atoms with van der Waals surface area (Å²) in [6.07, 6.45) is 0.353. The average molecular weight is 296 g/mol. The summed E-state index contributed by atoms with van der Waals surface area (Å²) in [5.74, 6) is -1.65. The Morgan fingerprint density at radius 2 is 2.00 bits per heavy atom. The van der Waals surface area contributed by atoms with Crippen LogP contribution in [-0.2, 0) is 19.4 Å². The van der Waals surface area contributed by atoms with Gasteiger partial charge < -0.3 is 10.6 Å². The van der Waals surface area contributed by atoms with Gasteiger partial charge in [0.25, 0.3) is 0 Å². The predicted octanol–water partition coefficient (Wildman–Crippen LogP) is 0.237. The van der Waals surface area contributed by atoms with E-state index in [9.17, 15) is 18.0 Å². The lowest BCUT2D eigenvalue weighted by molar-refractivity contribution is -0.136. The van der Waals surface area contributed by atoms with Crippen LogP contribution < -0.4 is 10.6 Å². The van der Waals surface area contributed by atoms with Crippen LogP contribution in [-0.4, -0.2) is 37.8 Å². The molecule has 6 nitrogen and oxygen atoms in total. The standard InChI is InChI=1S/C13H16N2O4S/c1-9-3-2-4-10(7-9)14-12(16)13(17)15-11-5-6-20(18,19)8-11/h2-4,7,11H,5-6,8H2,1H3,(H,14,16)(H,15,17). The van der Waals surface area contributed by atoms with Gasteiger partial charge in [-0.1, -0.05) is 12.1 Å². The summed E-state index contributed by atoms with van der Waals surface area (Å²) < 4.78 is 22.5. The lowest BCUT2D eigenvalue weighted by atomic mass is 10.2. The number of aryl methyl sites for hydroxylation is 1. The topological polar surface area (TPSA) is 92.3 Å². The molecule has 0 saturated carbocycles. The van der Waals surface area contributed by atoms with E-state index in [0.29, 0.717) is 12.1 Å². The third-order valence-corrected chi connectivity index (χ3v) is 4.82. The maximum atomic E-state index is 11.7. The monoisotopic (exact) mass is 296 g/mol. The van der Waals surface area contributed by atoms with Gasteiger partial charge in [0, 0.05) is 11.7 Å². The number of sulfone groups is 1. The maximum absolute atomic E-state index is 11.7. The molecule has 7 heteroatoms. The van der Waals surface area contributed by atoms with Crippen LogP contribution in [0.4, 0.5) is 5.69 Å². The van der Waals surface area contributed by atoms with Crippen molar-refractivity contribution in [3.8, 4) is 0 Å². The molecule has 1 saturated heterocycles. The molecule has 0 spiro atoms. The molecule has 1 atom stereocenters. The third kappa shape index (κ3) is 3.80. The molecule has 2 rings (SSSR count). The van der Waals surface area contributed by atoms with Crippen molar-refractivity contribution < 1.29 is 18.0 Å². The Bertz CT molecular complexity index is 640. The highest BCUT2D eigenvalue weighted by atomic mass is 32.2. The lowest BCUT2D eigenvalue weighted by Crippen LogP contribution is -2.42. The Morgan fingerprint density at radius 1 is 1.25 bits per heavy atom. The van der Waals surface area contributed by atoms with Crippen LogP contribution in [0.1, 0.15) is 12.0 Å². The van der Waals surface area contributed by atoms with Crippen LogP contribution in [0.3, 0.4) is 0 Å². The second-order valence-corrected chi connectivity index (χ2v) is 7.13. The number of carbonyl (C=O) groups excluding carboxylic acids is 2. The van der Waals surface area contributed by atoms with E-state index in [1.807, 2.05) is 13.0 Å². The highest BCUT2D eigenvalue weighted by molar-refractivity contribution is 7.91. The number of hydrogen-bond acceptors (Lipinski definition) is 4. The lowest BCUT2D eigenvalue weighted by Gasteiger charge is -2.11. The molecule has 2 N–H and O–H groups in total. The Labute approximate surface area is 117 Å². The van der Waals surface area contributed by atoms with Crippen molar-refractivity contribution >= 4 is 27.3 Å².